The minimum Gasteiger partial charge on any atom is -0.493 e. The van der Waals surface area contributed by atoms with E-state index >= 15 is 0 Å². The molecular weight excluding hydrogens is 214 g/mol. The summed E-state index contributed by atoms with van der Waals surface area (Å²) >= 11 is 0. The Hall–Kier alpha value is -2.10. The second-order valence-electron chi connectivity index (χ2n) is 3.81. The highest BCUT2D eigenvalue weighted by Crippen LogP contribution is 2.12. The third-order valence-corrected chi connectivity index (χ3v) is 2.31. The number of nitrogens with zero attached hydrogens (tertiary/aromatic N) is 2. The predicted molar refractivity (Wildman–Crippen MR) is 66.8 cm³/mol. The van der Waals surface area contributed by atoms with Crippen molar-refractivity contribution in [1.82, 2.24) is 9.97 Å². The molecule has 0 radical (unpaired) electrons. The Kier molecular flexibility index (Phi) is 3.55. The van der Waals surface area contributed by atoms with Gasteiger partial charge in [0.15, 0.2) is 0 Å². The SMILES string of the molecule is Cc1cccc(OCCc2nccc(N)n2)c1. The van der Waals surface area contributed by atoms with Gasteiger partial charge in [-0.05, 0) is 30.7 Å². The van der Waals surface area contributed by atoms with Crippen molar-refractivity contribution < 1.29 is 4.74 Å². The molecule has 1 heterocycles. The van der Waals surface area contributed by atoms with Gasteiger partial charge in [0.2, 0.25) is 0 Å². The van der Waals surface area contributed by atoms with Crippen LogP contribution in [0, 0.1) is 6.92 Å². The Balaban J connectivity index is 1.87. The first-order valence-electron chi connectivity index (χ1n) is 5.51. The normalized spacial score (nSPS) is 10.2. The van der Waals surface area contributed by atoms with Crippen molar-refractivity contribution >= 4 is 5.82 Å². The zero-order chi connectivity index (χ0) is 12.1. The summed E-state index contributed by atoms with van der Waals surface area (Å²) in [6.45, 7) is 2.58. The molecule has 0 atom stereocenters. The van der Waals surface area contributed by atoms with E-state index in [-0.39, 0.29) is 0 Å². The molecule has 2 rings (SSSR count). The molecule has 17 heavy (non-hydrogen) atoms. The minimum absolute atomic E-state index is 0.491. The number of aromatic nitrogens is 2. The summed E-state index contributed by atoms with van der Waals surface area (Å²) in [7, 11) is 0. The van der Waals surface area contributed by atoms with Crippen LogP contribution in [-0.2, 0) is 6.42 Å². The first-order valence-corrected chi connectivity index (χ1v) is 5.51. The molecule has 0 amide bonds. The van der Waals surface area contributed by atoms with Crippen molar-refractivity contribution in [3.05, 3.63) is 47.9 Å². The summed E-state index contributed by atoms with van der Waals surface area (Å²) in [5.74, 6) is 2.07. The number of aryl methyl sites for hydroxylation is 1. The minimum atomic E-state index is 0.491. The lowest BCUT2D eigenvalue weighted by Gasteiger charge is -2.06. The zero-order valence-corrected chi connectivity index (χ0v) is 9.76. The van der Waals surface area contributed by atoms with Crippen molar-refractivity contribution in [3.8, 4) is 5.75 Å². The zero-order valence-electron chi connectivity index (χ0n) is 9.76. The molecule has 4 nitrogen and oxygen atoms in total. The van der Waals surface area contributed by atoms with Crippen LogP contribution in [0.2, 0.25) is 0 Å². The summed E-state index contributed by atoms with van der Waals surface area (Å²) in [6.07, 6.45) is 2.31. The van der Waals surface area contributed by atoms with Gasteiger partial charge >= 0.3 is 0 Å². The van der Waals surface area contributed by atoms with E-state index in [2.05, 4.69) is 9.97 Å². The van der Waals surface area contributed by atoms with E-state index in [9.17, 15) is 0 Å². The van der Waals surface area contributed by atoms with Crippen LogP contribution in [-0.4, -0.2) is 16.6 Å². The molecule has 2 N–H and O–H groups in total. The molecular formula is C13H15N3O. The standard InChI is InChI=1S/C13H15N3O/c1-10-3-2-4-11(9-10)17-8-6-13-15-7-5-12(14)16-13/h2-5,7,9H,6,8H2,1H3,(H2,14,15,16). The molecule has 0 unspecified atom stereocenters. The number of rotatable bonds is 4. The Morgan fingerprint density at radius 3 is 2.94 bits per heavy atom. The molecule has 0 aliphatic heterocycles. The highest BCUT2D eigenvalue weighted by molar-refractivity contribution is 5.27. The van der Waals surface area contributed by atoms with Crippen LogP contribution >= 0.6 is 0 Å². The van der Waals surface area contributed by atoms with E-state index < -0.39 is 0 Å². The smallest absolute Gasteiger partial charge is 0.134 e. The van der Waals surface area contributed by atoms with Gasteiger partial charge in [-0.2, -0.15) is 0 Å². The summed E-state index contributed by atoms with van der Waals surface area (Å²) in [4.78, 5) is 8.23. The number of hydrogen-bond donors (Lipinski definition) is 1. The number of nitrogen functional groups attached to an aromatic ring is 1. The van der Waals surface area contributed by atoms with Crippen LogP contribution in [0.25, 0.3) is 0 Å². The average molecular weight is 229 g/mol. The molecule has 0 fully saturated rings. The molecule has 1 aromatic heterocycles. The fourth-order valence-corrected chi connectivity index (χ4v) is 1.50. The average Bonchev–Trinajstić information content (AvgIpc) is 2.29. The summed E-state index contributed by atoms with van der Waals surface area (Å²) < 4.78 is 5.61. The lowest BCUT2D eigenvalue weighted by molar-refractivity contribution is 0.318. The fraction of sp³-hybridized carbons (Fsp3) is 0.231. The molecule has 4 heteroatoms. The van der Waals surface area contributed by atoms with Gasteiger partial charge in [0, 0.05) is 12.6 Å². The maximum atomic E-state index is 5.61. The lowest BCUT2D eigenvalue weighted by Crippen LogP contribution is -2.06. The molecule has 0 aliphatic carbocycles. The van der Waals surface area contributed by atoms with Crippen molar-refractivity contribution in [3.63, 3.8) is 0 Å². The number of nitrogens with two attached hydrogens (primary N) is 1. The van der Waals surface area contributed by atoms with Crippen LogP contribution in [0.3, 0.4) is 0 Å². The number of hydrogen-bond acceptors (Lipinski definition) is 4. The van der Waals surface area contributed by atoms with Gasteiger partial charge in [0.25, 0.3) is 0 Å². The third-order valence-electron chi connectivity index (χ3n) is 2.31. The summed E-state index contributed by atoms with van der Waals surface area (Å²) in [5, 5.41) is 0. The van der Waals surface area contributed by atoms with Crippen LogP contribution in [0.4, 0.5) is 5.82 Å². The van der Waals surface area contributed by atoms with Crippen LogP contribution in [0.15, 0.2) is 36.5 Å². The van der Waals surface area contributed by atoms with Crippen molar-refractivity contribution in [2.24, 2.45) is 0 Å². The second-order valence-corrected chi connectivity index (χ2v) is 3.81. The van der Waals surface area contributed by atoms with Gasteiger partial charge < -0.3 is 10.5 Å². The molecule has 1 aromatic carbocycles. The summed E-state index contributed by atoms with van der Waals surface area (Å²) in [6, 6.07) is 9.62. The predicted octanol–water partition coefficient (Wildman–Crippen LogP) is 1.99. The highest BCUT2D eigenvalue weighted by atomic mass is 16.5. The second kappa shape index (κ2) is 5.30. The topological polar surface area (TPSA) is 61.0 Å². The Bertz CT molecular complexity index is 454. The lowest BCUT2D eigenvalue weighted by atomic mass is 10.2. The first kappa shape index (κ1) is 11.4. The molecule has 0 aliphatic rings. The van der Waals surface area contributed by atoms with E-state index in [1.165, 1.54) is 5.56 Å². The van der Waals surface area contributed by atoms with E-state index in [0.717, 1.165) is 5.75 Å². The van der Waals surface area contributed by atoms with E-state index in [0.29, 0.717) is 24.7 Å². The van der Waals surface area contributed by atoms with E-state index in [1.54, 1.807) is 12.3 Å². The van der Waals surface area contributed by atoms with Gasteiger partial charge in [-0.25, -0.2) is 9.97 Å². The van der Waals surface area contributed by atoms with Crippen molar-refractivity contribution in [2.45, 2.75) is 13.3 Å². The largest absolute Gasteiger partial charge is 0.493 e. The van der Waals surface area contributed by atoms with Crippen LogP contribution in [0.5, 0.6) is 5.75 Å². The van der Waals surface area contributed by atoms with Gasteiger partial charge in [0.05, 0.1) is 6.61 Å². The van der Waals surface area contributed by atoms with Gasteiger partial charge in [-0.15, -0.1) is 0 Å². The number of anilines is 1. The third kappa shape index (κ3) is 3.45. The van der Waals surface area contributed by atoms with Gasteiger partial charge in [-0.1, -0.05) is 12.1 Å². The molecule has 88 valence electrons. The molecule has 2 aromatic rings. The van der Waals surface area contributed by atoms with Gasteiger partial charge in [-0.3, -0.25) is 0 Å². The Labute approximate surface area is 100 Å². The summed E-state index contributed by atoms with van der Waals surface area (Å²) in [5.41, 5.74) is 6.75. The Morgan fingerprint density at radius 2 is 2.18 bits per heavy atom. The first-order chi connectivity index (χ1) is 8.24. The molecule has 0 bridgehead atoms. The quantitative estimate of drug-likeness (QED) is 0.871. The number of ether oxygens (including phenoxy) is 1. The van der Waals surface area contributed by atoms with Crippen molar-refractivity contribution in [2.75, 3.05) is 12.3 Å². The maximum Gasteiger partial charge on any atom is 0.134 e. The molecule has 0 saturated heterocycles. The van der Waals surface area contributed by atoms with Crippen molar-refractivity contribution in [1.29, 1.82) is 0 Å². The fourth-order valence-electron chi connectivity index (χ4n) is 1.50. The van der Waals surface area contributed by atoms with E-state index in [4.69, 9.17) is 10.5 Å². The highest BCUT2D eigenvalue weighted by Gasteiger charge is 1.98. The van der Waals surface area contributed by atoms with Crippen LogP contribution < -0.4 is 10.5 Å². The maximum absolute atomic E-state index is 5.61. The van der Waals surface area contributed by atoms with Crippen LogP contribution in [0.1, 0.15) is 11.4 Å². The van der Waals surface area contributed by atoms with E-state index in [1.807, 2.05) is 31.2 Å². The molecule has 0 spiro atoms. The molecule has 0 saturated carbocycles. The van der Waals surface area contributed by atoms with Gasteiger partial charge in [0.1, 0.15) is 17.4 Å². The monoisotopic (exact) mass is 229 g/mol. The number of benzene rings is 1. The Morgan fingerprint density at radius 1 is 1.29 bits per heavy atom.